The number of carbonyl (C=O) groups excluding carboxylic acids is 2. The van der Waals surface area contributed by atoms with E-state index < -0.39 is 24.0 Å². The second kappa shape index (κ2) is 8.94. The first kappa shape index (κ1) is 19.3. The van der Waals surface area contributed by atoms with Crippen LogP contribution in [0.15, 0.2) is 59.4 Å². The molecule has 1 atom stereocenters. The number of nitrogens with one attached hydrogen (secondary N) is 2. The van der Waals surface area contributed by atoms with Gasteiger partial charge in [0.05, 0.1) is 11.4 Å². The molecule has 1 aromatic heterocycles. The summed E-state index contributed by atoms with van der Waals surface area (Å²) in [7, 11) is 0. The fourth-order valence-electron chi connectivity index (χ4n) is 3.00. The molecule has 7 heteroatoms. The van der Waals surface area contributed by atoms with Crippen LogP contribution in [0, 0.1) is 0 Å². The van der Waals surface area contributed by atoms with Crippen LogP contribution in [0.1, 0.15) is 41.9 Å². The van der Waals surface area contributed by atoms with Gasteiger partial charge in [-0.25, -0.2) is 9.89 Å². The van der Waals surface area contributed by atoms with Crippen molar-refractivity contribution < 1.29 is 14.3 Å². The maximum absolute atomic E-state index is 12.4. The number of ether oxygens (including phenoxy) is 1. The third-order valence-electron chi connectivity index (χ3n) is 4.34. The van der Waals surface area contributed by atoms with Gasteiger partial charge in [-0.3, -0.25) is 9.59 Å². The summed E-state index contributed by atoms with van der Waals surface area (Å²) < 4.78 is 5.12. The summed E-state index contributed by atoms with van der Waals surface area (Å²) in [6.45, 7) is 1.61. The monoisotopic (exact) mass is 379 g/mol. The molecule has 7 nitrogen and oxygen atoms in total. The minimum atomic E-state index is -0.769. The van der Waals surface area contributed by atoms with Gasteiger partial charge in [0.15, 0.2) is 12.3 Å². The second-order valence-corrected chi connectivity index (χ2v) is 6.34. The van der Waals surface area contributed by atoms with Gasteiger partial charge in [-0.1, -0.05) is 61.9 Å². The first-order chi connectivity index (χ1) is 13.6. The van der Waals surface area contributed by atoms with Crippen molar-refractivity contribution in [2.75, 3.05) is 6.61 Å². The quantitative estimate of drug-likeness (QED) is 0.615. The number of benzene rings is 2. The van der Waals surface area contributed by atoms with Gasteiger partial charge in [0, 0.05) is 5.39 Å². The van der Waals surface area contributed by atoms with Gasteiger partial charge in [0.2, 0.25) is 0 Å². The Kier molecular flexibility index (Phi) is 6.16. The molecule has 0 aliphatic carbocycles. The Hall–Kier alpha value is -3.48. The van der Waals surface area contributed by atoms with Crippen LogP contribution in [0.3, 0.4) is 0 Å². The topological polar surface area (TPSA) is 101 Å². The normalized spacial score (nSPS) is 11.8. The van der Waals surface area contributed by atoms with Gasteiger partial charge >= 0.3 is 5.97 Å². The maximum atomic E-state index is 12.4. The molecule has 0 fully saturated rings. The third-order valence-corrected chi connectivity index (χ3v) is 4.34. The van der Waals surface area contributed by atoms with Crippen LogP contribution in [-0.2, 0) is 9.53 Å². The summed E-state index contributed by atoms with van der Waals surface area (Å²) in [6.07, 6.45) is 1.67. The molecule has 3 rings (SSSR count). The number of fused-ring (bicyclic) bond motifs is 1. The molecule has 0 aliphatic heterocycles. The van der Waals surface area contributed by atoms with Crippen molar-refractivity contribution in [3.05, 3.63) is 76.2 Å². The summed E-state index contributed by atoms with van der Waals surface area (Å²) in [5.74, 6) is -1.17. The number of aromatic amines is 1. The molecule has 0 saturated carbocycles. The van der Waals surface area contributed by atoms with E-state index in [1.165, 1.54) is 0 Å². The molecule has 2 aromatic carbocycles. The number of nitrogens with zero attached hydrogens (tertiary/aromatic N) is 1. The average Bonchev–Trinajstić information content (AvgIpc) is 2.73. The molecule has 0 radical (unpaired) electrons. The highest BCUT2D eigenvalue weighted by Crippen LogP contribution is 2.18. The minimum absolute atomic E-state index is 0.0313. The third kappa shape index (κ3) is 4.43. The van der Waals surface area contributed by atoms with Gasteiger partial charge in [0.25, 0.3) is 11.5 Å². The fraction of sp³-hybridized carbons (Fsp3) is 0.238. The standard InChI is InChI=1S/C21H21N3O4/c1-2-8-17(14-9-4-3-5-10-14)22-18(25)13-28-21(27)19-15-11-6-7-12-16(15)20(26)24-23-19/h3-7,9-12,17H,2,8,13H2,1H3,(H,22,25)(H,24,26)/t17-/m0/s1. The van der Waals surface area contributed by atoms with Crippen LogP contribution in [0.5, 0.6) is 0 Å². The lowest BCUT2D eigenvalue weighted by Crippen LogP contribution is -2.32. The molecule has 144 valence electrons. The molecular weight excluding hydrogens is 358 g/mol. The average molecular weight is 379 g/mol. The maximum Gasteiger partial charge on any atom is 0.359 e. The molecule has 0 aliphatic rings. The number of hydrogen-bond acceptors (Lipinski definition) is 5. The molecule has 0 bridgehead atoms. The predicted octanol–water partition coefficient (Wildman–Crippen LogP) is 2.74. The van der Waals surface area contributed by atoms with E-state index in [1.54, 1.807) is 24.3 Å². The molecule has 1 amide bonds. The Bertz CT molecular complexity index is 1030. The minimum Gasteiger partial charge on any atom is -0.451 e. The van der Waals surface area contributed by atoms with Crippen LogP contribution in [-0.4, -0.2) is 28.7 Å². The van der Waals surface area contributed by atoms with Gasteiger partial charge in [-0.2, -0.15) is 5.10 Å². The lowest BCUT2D eigenvalue weighted by atomic mass is 10.0. The highest BCUT2D eigenvalue weighted by molar-refractivity contribution is 6.02. The van der Waals surface area contributed by atoms with Crippen LogP contribution < -0.4 is 10.9 Å². The van der Waals surface area contributed by atoms with Crippen molar-refractivity contribution >= 4 is 22.6 Å². The summed E-state index contributed by atoms with van der Waals surface area (Å²) in [5.41, 5.74) is 0.573. The highest BCUT2D eigenvalue weighted by atomic mass is 16.5. The van der Waals surface area contributed by atoms with E-state index in [9.17, 15) is 14.4 Å². The fourth-order valence-corrected chi connectivity index (χ4v) is 3.00. The molecule has 2 N–H and O–H groups in total. The largest absolute Gasteiger partial charge is 0.451 e. The molecule has 0 saturated heterocycles. The van der Waals surface area contributed by atoms with E-state index in [2.05, 4.69) is 15.5 Å². The van der Waals surface area contributed by atoms with Crippen LogP contribution in [0.25, 0.3) is 10.8 Å². The van der Waals surface area contributed by atoms with Crippen molar-refractivity contribution in [1.29, 1.82) is 0 Å². The van der Waals surface area contributed by atoms with Crippen LogP contribution in [0.2, 0.25) is 0 Å². The Balaban J connectivity index is 1.67. The number of amides is 1. The lowest BCUT2D eigenvalue weighted by molar-refractivity contribution is -0.125. The zero-order valence-corrected chi connectivity index (χ0v) is 15.5. The smallest absolute Gasteiger partial charge is 0.359 e. The van der Waals surface area contributed by atoms with Gasteiger partial charge < -0.3 is 10.1 Å². The van der Waals surface area contributed by atoms with Crippen LogP contribution in [0.4, 0.5) is 0 Å². The Labute approximate surface area is 161 Å². The number of esters is 1. The number of hydrogen-bond donors (Lipinski definition) is 2. The molecule has 0 unspecified atom stereocenters. The summed E-state index contributed by atoms with van der Waals surface area (Å²) in [6, 6.07) is 16.1. The van der Waals surface area contributed by atoms with Crippen molar-refractivity contribution in [3.63, 3.8) is 0 Å². The van der Waals surface area contributed by atoms with E-state index in [-0.39, 0.29) is 11.7 Å². The van der Waals surface area contributed by atoms with E-state index in [1.807, 2.05) is 37.3 Å². The highest BCUT2D eigenvalue weighted by Gasteiger charge is 2.18. The number of aromatic nitrogens is 2. The zero-order valence-electron chi connectivity index (χ0n) is 15.5. The van der Waals surface area contributed by atoms with Gasteiger partial charge in [-0.15, -0.1) is 0 Å². The van der Waals surface area contributed by atoms with Gasteiger partial charge in [0.1, 0.15) is 0 Å². The first-order valence-corrected chi connectivity index (χ1v) is 9.09. The summed E-state index contributed by atoms with van der Waals surface area (Å²) in [5, 5.41) is 9.66. The summed E-state index contributed by atoms with van der Waals surface area (Å²) in [4.78, 5) is 36.5. The van der Waals surface area contributed by atoms with E-state index in [4.69, 9.17) is 4.74 Å². The first-order valence-electron chi connectivity index (χ1n) is 9.09. The Morgan fingerprint density at radius 1 is 1.07 bits per heavy atom. The number of H-pyrrole nitrogens is 1. The Morgan fingerprint density at radius 2 is 1.75 bits per heavy atom. The van der Waals surface area contributed by atoms with Crippen LogP contribution >= 0.6 is 0 Å². The molecule has 28 heavy (non-hydrogen) atoms. The molecular formula is C21H21N3O4. The molecule has 1 heterocycles. The van der Waals surface area contributed by atoms with Crippen molar-refractivity contribution in [2.45, 2.75) is 25.8 Å². The van der Waals surface area contributed by atoms with Crippen molar-refractivity contribution in [3.8, 4) is 0 Å². The molecule has 0 spiro atoms. The zero-order chi connectivity index (χ0) is 19.9. The molecule has 3 aromatic rings. The summed E-state index contributed by atoms with van der Waals surface area (Å²) >= 11 is 0. The van der Waals surface area contributed by atoms with Gasteiger partial charge in [-0.05, 0) is 18.1 Å². The van der Waals surface area contributed by atoms with E-state index in [0.29, 0.717) is 10.8 Å². The van der Waals surface area contributed by atoms with E-state index >= 15 is 0 Å². The Morgan fingerprint density at radius 3 is 2.46 bits per heavy atom. The van der Waals surface area contributed by atoms with Crippen molar-refractivity contribution in [2.24, 2.45) is 0 Å². The SMILES string of the molecule is CCC[C@H](NC(=O)COC(=O)c1n[nH]c(=O)c2ccccc12)c1ccccc1. The number of rotatable bonds is 7. The second-order valence-electron chi connectivity index (χ2n) is 6.34. The lowest BCUT2D eigenvalue weighted by Gasteiger charge is -2.18. The predicted molar refractivity (Wildman–Crippen MR) is 105 cm³/mol. The van der Waals surface area contributed by atoms with E-state index in [0.717, 1.165) is 18.4 Å². The van der Waals surface area contributed by atoms with Crippen molar-refractivity contribution in [1.82, 2.24) is 15.5 Å². The number of carbonyl (C=O) groups is 2.